The summed E-state index contributed by atoms with van der Waals surface area (Å²) in [6, 6.07) is 21.4. The number of hydrogen-bond acceptors (Lipinski definition) is 3. The average Bonchev–Trinajstić information content (AvgIpc) is 3.32. The van der Waals surface area contributed by atoms with Crippen LogP contribution in [0.15, 0.2) is 77.4 Å². The van der Waals surface area contributed by atoms with E-state index >= 15 is 0 Å². The van der Waals surface area contributed by atoms with Crippen LogP contribution in [0.1, 0.15) is 23.3 Å². The number of para-hydroxylation sites is 1. The van der Waals surface area contributed by atoms with Crippen LogP contribution >= 0.6 is 0 Å². The molecule has 5 heteroatoms. The van der Waals surface area contributed by atoms with Gasteiger partial charge in [0, 0.05) is 32.1 Å². The maximum Gasteiger partial charge on any atom is 0.238 e. The monoisotopic (exact) mass is 388 g/mol. The van der Waals surface area contributed by atoms with Gasteiger partial charge < -0.3 is 14.6 Å². The number of nitrogens with zero attached hydrogens (tertiary/aromatic N) is 1. The lowest BCUT2D eigenvalue weighted by Gasteiger charge is -2.28. The summed E-state index contributed by atoms with van der Waals surface area (Å²) >= 11 is 0. The van der Waals surface area contributed by atoms with E-state index in [1.807, 2.05) is 66.7 Å². The summed E-state index contributed by atoms with van der Waals surface area (Å²) in [5.41, 5.74) is 1.92. The van der Waals surface area contributed by atoms with Crippen molar-refractivity contribution in [3.05, 3.63) is 89.9 Å². The van der Waals surface area contributed by atoms with Gasteiger partial charge in [-0.15, -0.1) is 0 Å². The fourth-order valence-electron chi connectivity index (χ4n) is 4.18. The highest BCUT2D eigenvalue weighted by Gasteiger charge is 2.50. The van der Waals surface area contributed by atoms with Crippen LogP contribution in [0.5, 0.6) is 0 Å². The third kappa shape index (κ3) is 3.68. The summed E-state index contributed by atoms with van der Waals surface area (Å²) in [5, 5.41) is 2.95. The van der Waals surface area contributed by atoms with Gasteiger partial charge in [0.25, 0.3) is 0 Å². The maximum atomic E-state index is 13.4. The number of likely N-dealkylation sites (N-methyl/N-ethyl adjacent to an activating group) is 1. The summed E-state index contributed by atoms with van der Waals surface area (Å²) in [6.45, 7) is 0.472. The first-order chi connectivity index (χ1) is 14.1. The van der Waals surface area contributed by atoms with E-state index in [0.717, 1.165) is 22.6 Å². The molecule has 1 aliphatic heterocycles. The van der Waals surface area contributed by atoms with Crippen LogP contribution < -0.4 is 10.2 Å². The minimum atomic E-state index is -0.901. The first kappa shape index (κ1) is 19.0. The largest absolute Gasteiger partial charge is 0.469 e. The Labute approximate surface area is 170 Å². The molecule has 2 heterocycles. The van der Waals surface area contributed by atoms with Crippen LogP contribution in [0.3, 0.4) is 0 Å². The maximum absolute atomic E-state index is 13.4. The molecular weight excluding hydrogens is 364 g/mol. The molecule has 1 N–H and O–H groups in total. The number of rotatable bonds is 7. The van der Waals surface area contributed by atoms with Gasteiger partial charge in [0.2, 0.25) is 11.8 Å². The number of carbonyl (C=O) groups is 2. The van der Waals surface area contributed by atoms with E-state index in [4.69, 9.17) is 4.42 Å². The number of benzene rings is 2. The van der Waals surface area contributed by atoms with Gasteiger partial charge in [0.1, 0.15) is 5.76 Å². The Hall–Kier alpha value is -3.34. The van der Waals surface area contributed by atoms with Crippen molar-refractivity contribution in [1.29, 1.82) is 0 Å². The van der Waals surface area contributed by atoms with Crippen LogP contribution in [0.25, 0.3) is 0 Å². The zero-order valence-electron chi connectivity index (χ0n) is 16.4. The molecule has 0 aliphatic carbocycles. The fourth-order valence-corrected chi connectivity index (χ4v) is 4.18. The molecule has 3 aromatic rings. The van der Waals surface area contributed by atoms with Crippen LogP contribution in [0.4, 0.5) is 5.69 Å². The van der Waals surface area contributed by atoms with Gasteiger partial charge in [-0.3, -0.25) is 9.59 Å². The summed E-state index contributed by atoms with van der Waals surface area (Å²) in [6.07, 6.45) is 2.84. The number of fused-ring (bicyclic) bond motifs is 1. The third-order valence-electron chi connectivity index (χ3n) is 5.58. The van der Waals surface area contributed by atoms with E-state index in [9.17, 15) is 9.59 Å². The second-order valence-electron chi connectivity index (χ2n) is 7.48. The van der Waals surface area contributed by atoms with E-state index in [2.05, 4.69) is 5.32 Å². The molecule has 0 saturated carbocycles. The predicted octanol–water partition coefficient (Wildman–Crippen LogP) is 3.49. The number of amides is 2. The third-order valence-corrected chi connectivity index (χ3v) is 5.58. The quantitative estimate of drug-likeness (QED) is 0.674. The zero-order valence-corrected chi connectivity index (χ0v) is 16.4. The van der Waals surface area contributed by atoms with Crippen molar-refractivity contribution in [2.75, 3.05) is 18.5 Å². The summed E-state index contributed by atoms with van der Waals surface area (Å²) in [4.78, 5) is 28.0. The van der Waals surface area contributed by atoms with Crippen LogP contribution in [0, 0.1) is 0 Å². The predicted molar refractivity (Wildman–Crippen MR) is 112 cm³/mol. The van der Waals surface area contributed by atoms with E-state index < -0.39 is 5.41 Å². The lowest BCUT2D eigenvalue weighted by atomic mass is 9.73. The van der Waals surface area contributed by atoms with Gasteiger partial charge in [-0.2, -0.15) is 0 Å². The van der Waals surface area contributed by atoms with Crippen molar-refractivity contribution in [1.82, 2.24) is 5.32 Å². The van der Waals surface area contributed by atoms with Crippen molar-refractivity contribution in [2.24, 2.45) is 0 Å². The highest BCUT2D eigenvalue weighted by molar-refractivity contribution is 6.09. The highest BCUT2D eigenvalue weighted by atomic mass is 16.3. The van der Waals surface area contributed by atoms with Crippen molar-refractivity contribution in [3.63, 3.8) is 0 Å². The molecule has 0 bridgehead atoms. The molecule has 1 atom stereocenters. The smallest absolute Gasteiger partial charge is 0.238 e. The molecule has 0 spiro atoms. The summed E-state index contributed by atoms with van der Waals surface area (Å²) in [7, 11) is 1.78. The number of hydrogen-bond donors (Lipinski definition) is 1. The van der Waals surface area contributed by atoms with Crippen molar-refractivity contribution in [2.45, 2.75) is 24.7 Å². The first-order valence-corrected chi connectivity index (χ1v) is 9.81. The summed E-state index contributed by atoms with van der Waals surface area (Å²) < 4.78 is 5.31. The van der Waals surface area contributed by atoms with Crippen molar-refractivity contribution >= 4 is 17.5 Å². The molecule has 2 amide bonds. The minimum Gasteiger partial charge on any atom is -0.469 e. The Morgan fingerprint density at radius 1 is 1.03 bits per heavy atom. The standard InChI is InChI=1S/C24H24N2O3/c1-26-21-12-6-5-11-20(21)24(23(26)28,16-18-8-3-2-4-9-18)17-22(27)25-14-13-19-10-7-15-29-19/h2-12,15H,13-14,16-17H2,1H3,(H,25,27). The first-order valence-electron chi connectivity index (χ1n) is 9.81. The normalized spacial score (nSPS) is 18.0. The van der Waals surface area contributed by atoms with Gasteiger partial charge in [-0.1, -0.05) is 48.5 Å². The van der Waals surface area contributed by atoms with Crippen LogP contribution in [-0.4, -0.2) is 25.4 Å². The van der Waals surface area contributed by atoms with E-state index in [0.29, 0.717) is 19.4 Å². The second kappa shape index (κ2) is 7.95. The molecule has 2 aromatic carbocycles. The molecule has 4 rings (SSSR count). The molecule has 1 aliphatic rings. The molecule has 148 valence electrons. The van der Waals surface area contributed by atoms with Gasteiger partial charge in [-0.25, -0.2) is 0 Å². The Morgan fingerprint density at radius 2 is 1.79 bits per heavy atom. The van der Waals surface area contributed by atoms with Gasteiger partial charge in [-0.05, 0) is 35.7 Å². The number of anilines is 1. The molecular formula is C24H24N2O3. The molecule has 1 unspecified atom stereocenters. The van der Waals surface area contributed by atoms with Crippen molar-refractivity contribution < 1.29 is 14.0 Å². The zero-order chi connectivity index (χ0) is 20.3. The Morgan fingerprint density at radius 3 is 2.55 bits per heavy atom. The molecule has 0 fully saturated rings. The average molecular weight is 388 g/mol. The molecule has 5 nitrogen and oxygen atoms in total. The fraction of sp³-hybridized carbons (Fsp3) is 0.250. The van der Waals surface area contributed by atoms with E-state index in [1.54, 1.807) is 18.2 Å². The SMILES string of the molecule is CN1C(=O)C(CC(=O)NCCc2ccco2)(Cc2ccccc2)c2ccccc21. The van der Waals surface area contributed by atoms with Gasteiger partial charge in [0.15, 0.2) is 0 Å². The molecule has 0 radical (unpaired) electrons. The van der Waals surface area contributed by atoms with Crippen LogP contribution in [0.2, 0.25) is 0 Å². The topological polar surface area (TPSA) is 62.6 Å². The lowest BCUT2D eigenvalue weighted by molar-refractivity contribution is -0.129. The van der Waals surface area contributed by atoms with E-state index in [1.165, 1.54) is 0 Å². The molecule has 29 heavy (non-hydrogen) atoms. The van der Waals surface area contributed by atoms with Gasteiger partial charge >= 0.3 is 0 Å². The number of carbonyl (C=O) groups excluding carboxylic acids is 2. The molecule has 1 aromatic heterocycles. The lowest BCUT2D eigenvalue weighted by Crippen LogP contribution is -2.44. The Kier molecular flexibility index (Phi) is 5.21. The van der Waals surface area contributed by atoms with Crippen LogP contribution in [-0.2, 0) is 27.8 Å². The second-order valence-corrected chi connectivity index (χ2v) is 7.48. The minimum absolute atomic E-state index is 0.0382. The molecule has 0 saturated heterocycles. The number of nitrogens with one attached hydrogen (secondary N) is 1. The van der Waals surface area contributed by atoms with E-state index in [-0.39, 0.29) is 18.2 Å². The Bertz CT molecular complexity index is 998. The highest BCUT2D eigenvalue weighted by Crippen LogP contribution is 2.45. The van der Waals surface area contributed by atoms with Gasteiger partial charge in [0.05, 0.1) is 11.7 Å². The summed E-state index contributed by atoms with van der Waals surface area (Å²) in [5.74, 6) is 0.654. The number of furan rings is 1. The van der Waals surface area contributed by atoms with Crippen molar-refractivity contribution in [3.8, 4) is 0 Å². The Balaban J connectivity index is 1.59.